The lowest BCUT2D eigenvalue weighted by Crippen LogP contribution is -2.27. The molecular formula is C17H20FNO. The van der Waals surface area contributed by atoms with Crippen LogP contribution >= 0.6 is 0 Å². The lowest BCUT2D eigenvalue weighted by molar-refractivity contribution is 0.167. The van der Waals surface area contributed by atoms with Gasteiger partial charge in [0, 0.05) is 7.11 Å². The van der Waals surface area contributed by atoms with Crippen LogP contribution in [0.5, 0.6) is 0 Å². The molecule has 0 heterocycles. The third-order valence-corrected chi connectivity index (χ3v) is 3.23. The molecule has 0 amide bonds. The van der Waals surface area contributed by atoms with E-state index in [-0.39, 0.29) is 11.9 Å². The summed E-state index contributed by atoms with van der Waals surface area (Å²) >= 11 is 0. The molecule has 1 atom stereocenters. The molecule has 2 nitrogen and oxygen atoms in total. The molecular weight excluding hydrogens is 253 g/mol. The Bertz CT molecular complexity index is 515. The molecule has 1 N–H and O–H groups in total. The van der Waals surface area contributed by atoms with Crippen molar-refractivity contribution < 1.29 is 9.13 Å². The second-order valence-corrected chi connectivity index (χ2v) is 4.75. The van der Waals surface area contributed by atoms with Crippen molar-refractivity contribution in [2.24, 2.45) is 0 Å². The van der Waals surface area contributed by atoms with E-state index in [0.29, 0.717) is 6.61 Å². The highest BCUT2D eigenvalue weighted by Crippen LogP contribution is 2.13. The van der Waals surface area contributed by atoms with Crippen LogP contribution in [0.4, 0.5) is 4.39 Å². The molecule has 1 unspecified atom stereocenters. The Morgan fingerprint density at radius 1 is 1.10 bits per heavy atom. The van der Waals surface area contributed by atoms with Crippen LogP contribution in [0.3, 0.4) is 0 Å². The summed E-state index contributed by atoms with van der Waals surface area (Å²) < 4.78 is 18.4. The summed E-state index contributed by atoms with van der Waals surface area (Å²) in [6.45, 7) is 1.40. The predicted molar refractivity (Wildman–Crippen MR) is 79.2 cm³/mol. The minimum atomic E-state index is -0.181. The topological polar surface area (TPSA) is 21.3 Å². The van der Waals surface area contributed by atoms with Crippen LogP contribution < -0.4 is 5.32 Å². The van der Waals surface area contributed by atoms with Crippen molar-refractivity contribution in [3.05, 3.63) is 71.5 Å². The van der Waals surface area contributed by atoms with E-state index in [1.807, 2.05) is 24.3 Å². The van der Waals surface area contributed by atoms with Crippen LogP contribution in [0.25, 0.3) is 0 Å². The Kier molecular flexibility index (Phi) is 5.71. The van der Waals surface area contributed by atoms with Gasteiger partial charge >= 0.3 is 0 Å². The van der Waals surface area contributed by atoms with E-state index in [0.717, 1.165) is 18.5 Å². The molecule has 0 aromatic heterocycles. The number of rotatable bonds is 7. The van der Waals surface area contributed by atoms with Crippen molar-refractivity contribution in [1.82, 2.24) is 5.32 Å². The van der Waals surface area contributed by atoms with E-state index in [4.69, 9.17) is 4.74 Å². The number of methoxy groups -OCH3 is 1. The van der Waals surface area contributed by atoms with E-state index in [9.17, 15) is 4.39 Å². The third-order valence-electron chi connectivity index (χ3n) is 3.23. The third kappa shape index (κ3) is 4.44. The van der Waals surface area contributed by atoms with Crippen molar-refractivity contribution in [3.8, 4) is 0 Å². The first-order valence-electron chi connectivity index (χ1n) is 6.81. The number of benzene rings is 2. The molecule has 0 aliphatic rings. The maximum atomic E-state index is 13.1. The molecule has 0 aliphatic carbocycles. The van der Waals surface area contributed by atoms with E-state index >= 15 is 0 Å². The van der Waals surface area contributed by atoms with Crippen molar-refractivity contribution in [1.29, 1.82) is 0 Å². The Labute approximate surface area is 119 Å². The van der Waals surface area contributed by atoms with E-state index in [1.165, 1.54) is 11.6 Å². The molecule has 0 fully saturated rings. The maximum Gasteiger partial charge on any atom is 0.123 e. The van der Waals surface area contributed by atoms with Gasteiger partial charge < -0.3 is 10.1 Å². The van der Waals surface area contributed by atoms with Crippen molar-refractivity contribution in [3.63, 3.8) is 0 Å². The highest BCUT2D eigenvalue weighted by molar-refractivity contribution is 5.20. The molecule has 2 aromatic rings. The minimum Gasteiger partial charge on any atom is -0.383 e. The first-order valence-corrected chi connectivity index (χ1v) is 6.81. The van der Waals surface area contributed by atoms with Gasteiger partial charge in [0.25, 0.3) is 0 Å². The zero-order chi connectivity index (χ0) is 14.2. The van der Waals surface area contributed by atoms with Gasteiger partial charge in [0.05, 0.1) is 12.6 Å². The molecule has 2 rings (SSSR count). The van der Waals surface area contributed by atoms with Crippen LogP contribution in [0.2, 0.25) is 0 Å². The van der Waals surface area contributed by atoms with Gasteiger partial charge in [0.15, 0.2) is 0 Å². The monoisotopic (exact) mass is 273 g/mol. The van der Waals surface area contributed by atoms with Crippen molar-refractivity contribution >= 4 is 0 Å². The fraction of sp³-hybridized carbons (Fsp3) is 0.294. The fourth-order valence-electron chi connectivity index (χ4n) is 2.21. The first kappa shape index (κ1) is 14.7. The second-order valence-electron chi connectivity index (χ2n) is 4.75. The number of hydrogen-bond donors (Lipinski definition) is 1. The molecule has 0 bridgehead atoms. The number of halogens is 1. The van der Waals surface area contributed by atoms with Gasteiger partial charge in [-0.2, -0.15) is 0 Å². The summed E-state index contributed by atoms with van der Waals surface area (Å²) in [6, 6.07) is 17.1. The molecule has 0 saturated carbocycles. The van der Waals surface area contributed by atoms with Gasteiger partial charge in [-0.1, -0.05) is 42.5 Å². The van der Waals surface area contributed by atoms with Crippen molar-refractivity contribution in [2.75, 3.05) is 20.3 Å². The Hall–Kier alpha value is -1.71. The smallest absolute Gasteiger partial charge is 0.123 e. The number of ether oxygens (including phenoxy) is 1. The van der Waals surface area contributed by atoms with Crippen LogP contribution in [-0.2, 0) is 11.2 Å². The van der Waals surface area contributed by atoms with Gasteiger partial charge in [-0.3, -0.25) is 0 Å². The Morgan fingerprint density at radius 3 is 2.60 bits per heavy atom. The molecule has 20 heavy (non-hydrogen) atoms. The van der Waals surface area contributed by atoms with Gasteiger partial charge in [0.2, 0.25) is 0 Å². The highest BCUT2D eigenvalue weighted by atomic mass is 19.1. The molecule has 0 spiro atoms. The summed E-state index contributed by atoms with van der Waals surface area (Å²) in [5.41, 5.74) is 2.20. The lowest BCUT2D eigenvalue weighted by Gasteiger charge is -2.18. The Balaban J connectivity index is 1.90. The normalized spacial score (nSPS) is 12.3. The SMILES string of the molecule is COCC(NCCc1cccc(F)c1)c1ccccc1. The Morgan fingerprint density at radius 2 is 1.90 bits per heavy atom. The number of nitrogens with one attached hydrogen (secondary N) is 1. The van der Waals surface area contributed by atoms with Gasteiger partial charge in [-0.15, -0.1) is 0 Å². The van der Waals surface area contributed by atoms with E-state index in [2.05, 4.69) is 17.4 Å². The molecule has 2 aromatic carbocycles. The standard InChI is InChI=1S/C17H20FNO/c1-20-13-17(15-7-3-2-4-8-15)19-11-10-14-6-5-9-16(18)12-14/h2-9,12,17,19H,10-11,13H2,1H3. The van der Waals surface area contributed by atoms with Crippen LogP contribution in [0.15, 0.2) is 54.6 Å². The van der Waals surface area contributed by atoms with Crippen LogP contribution in [-0.4, -0.2) is 20.3 Å². The highest BCUT2D eigenvalue weighted by Gasteiger charge is 2.09. The minimum absolute atomic E-state index is 0.162. The van der Waals surface area contributed by atoms with Crippen molar-refractivity contribution in [2.45, 2.75) is 12.5 Å². The quantitative estimate of drug-likeness (QED) is 0.835. The summed E-state index contributed by atoms with van der Waals surface area (Å²) in [5.74, 6) is -0.181. The summed E-state index contributed by atoms with van der Waals surface area (Å²) in [6.07, 6.45) is 0.796. The van der Waals surface area contributed by atoms with E-state index < -0.39 is 0 Å². The average Bonchev–Trinajstić information content (AvgIpc) is 2.47. The van der Waals surface area contributed by atoms with Crippen LogP contribution in [0.1, 0.15) is 17.2 Å². The lowest BCUT2D eigenvalue weighted by atomic mass is 10.1. The zero-order valence-electron chi connectivity index (χ0n) is 11.7. The van der Waals surface area contributed by atoms with Gasteiger partial charge in [0.1, 0.15) is 5.82 Å². The molecule has 3 heteroatoms. The molecule has 0 radical (unpaired) electrons. The first-order chi connectivity index (χ1) is 9.79. The van der Waals surface area contributed by atoms with Crippen LogP contribution in [0, 0.1) is 5.82 Å². The second kappa shape index (κ2) is 7.78. The summed E-state index contributed by atoms with van der Waals surface area (Å²) in [4.78, 5) is 0. The average molecular weight is 273 g/mol. The zero-order valence-corrected chi connectivity index (χ0v) is 11.7. The fourth-order valence-corrected chi connectivity index (χ4v) is 2.21. The van der Waals surface area contributed by atoms with E-state index in [1.54, 1.807) is 19.2 Å². The summed E-state index contributed by atoms with van der Waals surface area (Å²) in [7, 11) is 1.70. The van der Waals surface area contributed by atoms with Gasteiger partial charge in [-0.05, 0) is 36.2 Å². The summed E-state index contributed by atoms with van der Waals surface area (Å²) in [5, 5.41) is 3.46. The number of hydrogen-bond acceptors (Lipinski definition) is 2. The molecule has 0 saturated heterocycles. The van der Waals surface area contributed by atoms with Gasteiger partial charge in [-0.25, -0.2) is 4.39 Å². The molecule has 106 valence electrons. The maximum absolute atomic E-state index is 13.1. The molecule has 0 aliphatic heterocycles. The predicted octanol–water partition coefficient (Wildman–Crippen LogP) is 3.35. The largest absolute Gasteiger partial charge is 0.383 e.